The molecule has 0 fully saturated rings. The lowest BCUT2D eigenvalue weighted by Crippen LogP contribution is -2.26. The van der Waals surface area contributed by atoms with Gasteiger partial charge in [-0.15, -0.1) is 0 Å². The Labute approximate surface area is 150 Å². The molecular weight excluding hydrogens is 342 g/mol. The molecule has 25 heavy (non-hydrogen) atoms. The number of carbonyl (C=O) groups excluding carboxylic acids is 1. The zero-order chi connectivity index (χ0) is 17.8. The van der Waals surface area contributed by atoms with Crippen molar-refractivity contribution >= 4 is 17.5 Å². The summed E-state index contributed by atoms with van der Waals surface area (Å²) in [5, 5.41) is 4.47. The van der Waals surface area contributed by atoms with E-state index in [2.05, 4.69) is 10.1 Å². The van der Waals surface area contributed by atoms with E-state index in [-0.39, 0.29) is 12.5 Å². The van der Waals surface area contributed by atoms with E-state index < -0.39 is 0 Å². The number of ether oxygens (including phenoxy) is 1. The lowest BCUT2D eigenvalue weighted by molar-refractivity contribution is 0.0766. The second kappa shape index (κ2) is 7.36. The fourth-order valence-corrected chi connectivity index (χ4v) is 2.59. The van der Waals surface area contributed by atoms with Gasteiger partial charge in [-0.3, -0.25) is 4.79 Å². The van der Waals surface area contributed by atoms with Crippen LogP contribution in [0.2, 0.25) is 5.02 Å². The third kappa shape index (κ3) is 3.64. The highest BCUT2D eigenvalue weighted by Crippen LogP contribution is 2.25. The Morgan fingerprint density at radius 3 is 2.68 bits per heavy atom. The molecule has 0 saturated carbocycles. The first kappa shape index (κ1) is 17.0. The van der Waals surface area contributed by atoms with Crippen LogP contribution in [0.5, 0.6) is 5.75 Å². The number of rotatable bonds is 5. The molecule has 3 aromatic rings. The van der Waals surface area contributed by atoms with Gasteiger partial charge in [0.1, 0.15) is 12.3 Å². The molecule has 0 bridgehead atoms. The van der Waals surface area contributed by atoms with E-state index in [4.69, 9.17) is 20.9 Å². The molecule has 1 amide bonds. The van der Waals surface area contributed by atoms with Crippen LogP contribution in [0, 0.1) is 0 Å². The molecule has 0 spiro atoms. The average Bonchev–Trinajstić information content (AvgIpc) is 3.09. The van der Waals surface area contributed by atoms with Crippen molar-refractivity contribution in [1.29, 1.82) is 0 Å². The minimum atomic E-state index is -0.199. The van der Waals surface area contributed by atoms with Gasteiger partial charge in [0.05, 0.1) is 17.7 Å². The van der Waals surface area contributed by atoms with E-state index in [1.807, 2.05) is 18.2 Å². The topological polar surface area (TPSA) is 68.5 Å². The van der Waals surface area contributed by atoms with Gasteiger partial charge in [0.2, 0.25) is 11.7 Å². The van der Waals surface area contributed by atoms with Crippen molar-refractivity contribution in [2.75, 3.05) is 14.2 Å². The zero-order valence-electron chi connectivity index (χ0n) is 13.8. The predicted octanol–water partition coefficient (Wildman–Crippen LogP) is 3.67. The first-order valence-electron chi connectivity index (χ1n) is 7.56. The summed E-state index contributed by atoms with van der Waals surface area (Å²) in [6.45, 7) is 0.175. The van der Waals surface area contributed by atoms with Gasteiger partial charge >= 0.3 is 0 Å². The second-order valence-electron chi connectivity index (χ2n) is 5.35. The van der Waals surface area contributed by atoms with Crippen molar-refractivity contribution in [3.63, 3.8) is 0 Å². The molecule has 3 rings (SSSR count). The van der Waals surface area contributed by atoms with Crippen LogP contribution < -0.4 is 4.74 Å². The summed E-state index contributed by atoms with van der Waals surface area (Å²) in [5.74, 6) is 1.02. The number of hydrogen-bond acceptors (Lipinski definition) is 5. The van der Waals surface area contributed by atoms with E-state index in [9.17, 15) is 4.79 Å². The standard InChI is InChI=1S/C18H16ClN3O3/c1-22(18(23)13-8-4-6-10-15(13)24-2)11-16-20-17(21-25-16)12-7-3-5-9-14(12)19/h3-10H,11H2,1-2H3. The molecule has 6 nitrogen and oxygen atoms in total. The summed E-state index contributed by atoms with van der Waals surface area (Å²) in [4.78, 5) is 18.4. The molecule has 0 N–H and O–H groups in total. The summed E-state index contributed by atoms with van der Waals surface area (Å²) < 4.78 is 10.5. The van der Waals surface area contributed by atoms with Crippen molar-refractivity contribution in [3.8, 4) is 17.1 Å². The molecule has 1 aromatic heterocycles. The number of halogens is 1. The lowest BCUT2D eigenvalue weighted by atomic mass is 10.2. The quantitative estimate of drug-likeness (QED) is 0.696. The normalized spacial score (nSPS) is 10.5. The molecule has 0 aliphatic rings. The van der Waals surface area contributed by atoms with E-state index in [0.717, 1.165) is 0 Å². The van der Waals surface area contributed by atoms with Crippen LogP contribution in [0.4, 0.5) is 0 Å². The Hall–Kier alpha value is -2.86. The third-order valence-corrected chi connectivity index (χ3v) is 3.97. The van der Waals surface area contributed by atoms with Gasteiger partial charge in [0.15, 0.2) is 0 Å². The van der Waals surface area contributed by atoms with Crippen LogP contribution in [0.15, 0.2) is 53.1 Å². The molecule has 128 valence electrons. The number of nitrogens with zero attached hydrogens (tertiary/aromatic N) is 3. The van der Waals surface area contributed by atoms with Gasteiger partial charge in [-0.2, -0.15) is 4.98 Å². The van der Waals surface area contributed by atoms with E-state index in [1.54, 1.807) is 37.4 Å². The number of carbonyl (C=O) groups is 1. The number of methoxy groups -OCH3 is 1. The van der Waals surface area contributed by atoms with Crippen molar-refractivity contribution in [2.24, 2.45) is 0 Å². The Morgan fingerprint density at radius 1 is 1.20 bits per heavy atom. The minimum absolute atomic E-state index is 0.175. The fraction of sp³-hybridized carbons (Fsp3) is 0.167. The van der Waals surface area contributed by atoms with Crippen LogP contribution in [0.3, 0.4) is 0 Å². The van der Waals surface area contributed by atoms with Crippen LogP contribution in [-0.2, 0) is 6.54 Å². The zero-order valence-corrected chi connectivity index (χ0v) is 14.5. The summed E-state index contributed by atoms with van der Waals surface area (Å²) in [6, 6.07) is 14.3. The summed E-state index contributed by atoms with van der Waals surface area (Å²) in [5.41, 5.74) is 1.15. The first-order valence-corrected chi connectivity index (χ1v) is 7.94. The third-order valence-electron chi connectivity index (χ3n) is 3.64. The summed E-state index contributed by atoms with van der Waals surface area (Å²) >= 11 is 6.14. The Bertz CT molecular complexity index is 895. The van der Waals surface area contributed by atoms with Gasteiger partial charge in [-0.1, -0.05) is 41.0 Å². The van der Waals surface area contributed by atoms with E-state index in [0.29, 0.717) is 33.6 Å². The SMILES string of the molecule is COc1ccccc1C(=O)N(C)Cc1nc(-c2ccccc2Cl)no1. The van der Waals surface area contributed by atoms with Crippen molar-refractivity contribution in [1.82, 2.24) is 15.0 Å². The highest BCUT2D eigenvalue weighted by molar-refractivity contribution is 6.33. The molecule has 0 saturated heterocycles. The van der Waals surface area contributed by atoms with Gasteiger partial charge in [0.25, 0.3) is 5.91 Å². The monoisotopic (exact) mass is 357 g/mol. The van der Waals surface area contributed by atoms with Gasteiger partial charge in [-0.25, -0.2) is 0 Å². The molecular formula is C18H16ClN3O3. The molecule has 0 unspecified atom stereocenters. The first-order chi connectivity index (χ1) is 12.1. The number of para-hydroxylation sites is 1. The maximum Gasteiger partial charge on any atom is 0.257 e. The highest BCUT2D eigenvalue weighted by Gasteiger charge is 2.19. The predicted molar refractivity (Wildman–Crippen MR) is 93.5 cm³/mol. The van der Waals surface area contributed by atoms with Crippen molar-refractivity contribution in [3.05, 3.63) is 65.0 Å². The van der Waals surface area contributed by atoms with Crippen molar-refractivity contribution < 1.29 is 14.1 Å². The van der Waals surface area contributed by atoms with Gasteiger partial charge < -0.3 is 14.2 Å². The van der Waals surface area contributed by atoms with Crippen LogP contribution in [0.25, 0.3) is 11.4 Å². The summed E-state index contributed by atoms with van der Waals surface area (Å²) in [7, 11) is 3.19. The molecule has 2 aromatic carbocycles. The average molecular weight is 358 g/mol. The largest absolute Gasteiger partial charge is 0.496 e. The highest BCUT2D eigenvalue weighted by atomic mass is 35.5. The van der Waals surface area contributed by atoms with E-state index in [1.165, 1.54) is 12.0 Å². The van der Waals surface area contributed by atoms with Crippen LogP contribution in [0.1, 0.15) is 16.2 Å². The molecule has 7 heteroatoms. The van der Waals surface area contributed by atoms with E-state index >= 15 is 0 Å². The molecule has 0 atom stereocenters. The number of amides is 1. The Kier molecular flexibility index (Phi) is 5.00. The molecule has 0 aliphatic heterocycles. The molecule has 0 radical (unpaired) electrons. The maximum absolute atomic E-state index is 12.6. The molecule has 0 aliphatic carbocycles. The van der Waals surface area contributed by atoms with Gasteiger partial charge in [-0.05, 0) is 24.3 Å². The van der Waals surface area contributed by atoms with Gasteiger partial charge in [0, 0.05) is 12.6 Å². The Morgan fingerprint density at radius 2 is 1.92 bits per heavy atom. The van der Waals surface area contributed by atoms with Crippen LogP contribution >= 0.6 is 11.6 Å². The second-order valence-corrected chi connectivity index (χ2v) is 5.76. The fourth-order valence-electron chi connectivity index (χ4n) is 2.37. The maximum atomic E-state index is 12.6. The Balaban J connectivity index is 1.77. The smallest absolute Gasteiger partial charge is 0.257 e. The summed E-state index contributed by atoms with van der Waals surface area (Å²) in [6.07, 6.45) is 0. The number of hydrogen-bond donors (Lipinski definition) is 0. The van der Waals surface area contributed by atoms with Crippen LogP contribution in [-0.4, -0.2) is 35.1 Å². The molecule has 1 heterocycles. The van der Waals surface area contributed by atoms with Crippen molar-refractivity contribution in [2.45, 2.75) is 6.54 Å². The number of aromatic nitrogens is 2. The minimum Gasteiger partial charge on any atom is -0.496 e. The number of benzene rings is 2. The lowest BCUT2D eigenvalue weighted by Gasteiger charge is -2.16.